The molecule has 0 saturated carbocycles. The van der Waals surface area contributed by atoms with Crippen LogP contribution in [0.2, 0.25) is 0 Å². The van der Waals surface area contributed by atoms with E-state index < -0.39 is 115 Å². The number of aliphatic imine (C=N–C) groups is 1. The number of carboxylic acids is 2. The molecule has 0 radical (unpaired) electrons. The van der Waals surface area contributed by atoms with Crippen LogP contribution in [0.5, 0.6) is 0 Å². The van der Waals surface area contributed by atoms with Crippen molar-refractivity contribution in [2.45, 2.75) is 116 Å². The Hall–Kier alpha value is -5.05. The minimum absolute atomic E-state index is 0.0636. The van der Waals surface area contributed by atoms with Gasteiger partial charge in [0.05, 0.1) is 12.6 Å². The van der Waals surface area contributed by atoms with Gasteiger partial charge in [0.25, 0.3) is 0 Å². The highest BCUT2D eigenvalue weighted by atomic mass is 16.4. The maximum Gasteiger partial charge on any atom is 0.326 e. The number of carbonyl (C=O) groups excluding carboxylic acids is 6. The Morgan fingerprint density at radius 1 is 0.635 bits per heavy atom. The van der Waals surface area contributed by atoms with Crippen LogP contribution in [0.1, 0.15) is 73.6 Å². The van der Waals surface area contributed by atoms with E-state index in [2.05, 4.69) is 36.9 Å². The number of guanidine groups is 1. The van der Waals surface area contributed by atoms with Crippen molar-refractivity contribution >= 4 is 53.3 Å². The molecule has 0 aromatic carbocycles. The molecule has 21 nitrogen and oxygen atoms in total. The number of nitrogens with zero attached hydrogens (tertiary/aromatic N) is 1. The molecule has 7 unspecified atom stereocenters. The second-order valence-corrected chi connectivity index (χ2v) is 13.0. The summed E-state index contributed by atoms with van der Waals surface area (Å²) >= 11 is 0. The Kier molecular flexibility index (Phi) is 21.2. The van der Waals surface area contributed by atoms with Crippen molar-refractivity contribution in [2.75, 3.05) is 13.2 Å². The summed E-state index contributed by atoms with van der Waals surface area (Å²) < 4.78 is 0. The molecule has 15 N–H and O–H groups in total. The van der Waals surface area contributed by atoms with E-state index in [1.54, 1.807) is 27.7 Å². The third-order valence-electron chi connectivity index (χ3n) is 7.41. The van der Waals surface area contributed by atoms with E-state index in [9.17, 15) is 48.6 Å². The number of amides is 6. The quantitative estimate of drug-likeness (QED) is 0.0254. The molecule has 0 aliphatic rings. The van der Waals surface area contributed by atoms with Gasteiger partial charge in [0, 0.05) is 13.0 Å². The number of aliphatic hydroxyl groups is 1. The van der Waals surface area contributed by atoms with Crippen LogP contribution in [0.3, 0.4) is 0 Å². The lowest BCUT2D eigenvalue weighted by molar-refractivity contribution is -0.143. The monoisotopic (exact) mass is 744 g/mol. The first-order valence-electron chi connectivity index (χ1n) is 16.8. The second kappa shape index (κ2) is 23.4. The molecule has 0 heterocycles. The summed E-state index contributed by atoms with van der Waals surface area (Å²) in [5.74, 6) is -8.63. The van der Waals surface area contributed by atoms with Crippen molar-refractivity contribution in [1.29, 1.82) is 0 Å². The summed E-state index contributed by atoms with van der Waals surface area (Å²) in [5.41, 5.74) is 16.3. The van der Waals surface area contributed by atoms with Crippen molar-refractivity contribution < 1.29 is 53.7 Å². The van der Waals surface area contributed by atoms with Crippen LogP contribution in [0.15, 0.2) is 4.99 Å². The third-order valence-corrected chi connectivity index (χ3v) is 7.41. The second-order valence-electron chi connectivity index (χ2n) is 13.0. The number of hydrogen-bond acceptors (Lipinski definition) is 11. The summed E-state index contributed by atoms with van der Waals surface area (Å²) in [4.78, 5) is 104. The van der Waals surface area contributed by atoms with Crippen LogP contribution < -0.4 is 49.1 Å². The molecule has 0 aromatic heterocycles. The Bertz CT molecular complexity index is 1290. The highest BCUT2D eigenvalue weighted by Gasteiger charge is 2.33. The molecule has 7 atom stereocenters. The highest BCUT2D eigenvalue weighted by Crippen LogP contribution is 2.08. The fourth-order valence-electron chi connectivity index (χ4n) is 4.50. The smallest absolute Gasteiger partial charge is 0.326 e. The van der Waals surface area contributed by atoms with E-state index in [4.69, 9.17) is 22.3 Å². The van der Waals surface area contributed by atoms with Gasteiger partial charge in [-0.3, -0.25) is 38.6 Å². The molecule has 0 aromatic rings. The van der Waals surface area contributed by atoms with Crippen LogP contribution in [0, 0.1) is 11.8 Å². The summed E-state index contributed by atoms with van der Waals surface area (Å²) in [5, 5.41) is 42.7. The van der Waals surface area contributed by atoms with E-state index in [0.717, 1.165) is 0 Å². The first-order valence-corrected chi connectivity index (χ1v) is 16.8. The average Bonchev–Trinajstić information content (AvgIpc) is 3.03. The maximum atomic E-state index is 13.3. The molecule has 0 spiro atoms. The molecular weight excluding hydrogens is 688 g/mol. The molecule has 0 rings (SSSR count). The number of rotatable bonds is 24. The first kappa shape index (κ1) is 46.9. The lowest BCUT2D eigenvalue weighted by atomic mass is 10.0. The predicted octanol–water partition coefficient (Wildman–Crippen LogP) is -4.04. The first-order chi connectivity index (χ1) is 24.1. The Labute approximate surface area is 302 Å². The summed E-state index contributed by atoms with van der Waals surface area (Å²) in [6, 6.07) is -9.14. The van der Waals surface area contributed by atoms with Gasteiger partial charge in [0.15, 0.2) is 5.96 Å². The number of aliphatic carboxylic acids is 2. The van der Waals surface area contributed by atoms with Crippen LogP contribution in [0.4, 0.5) is 0 Å². The molecule has 0 saturated heterocycles. The summed E-state index contributed by atoms with van der Waals surface area (Å²) in [6.07, 6.45) is -0.534. The van der Waals surface area contributed by atoms with E-state index >= 15 is 0 Å². The molecular formula is C31H56N10O11. The molecule has 52 heavy (non-hydrogen) atoms. The van der Waals surface area contributed by atoms with Gasteiger partial charge in [-0.05, 0) is 51.4 Å². The molecule has 0 aliphatic carbocycles. The van der Waals surface area contributed by atoms with Gasteiger partial charge < -0.3 is 64.4 Å². The Balaban J connectivity index is 5.73. The SMILES string of the molecule is CC(C)CC(NC(=O)C(CCC(=O)O)NC(=O)C(C)NC(=O)C(CO)NC(=O)C(NC(=O)C(CCCN=C(N)N)NC(=O)C(C)N)C(C)C)C(=O)O. The predicted molar refractivity (Wildman–Crippen MR) is 187 cm³/mol. The maximum absolute atomic E-state index is 13.3. The molecule has 6 amide bonds. The van der Waals surface area contributed by atoms with Crippen molar-refractivity contribution in [3.63, 3.8) is 0 Å². The lowest BCUT2D eigenvalue weighted by Gasteiger charge is -2.27. The van der Waals surface area contributed by atoms with Crippen molar-refractivity contribution in [2.24, 2.45) is 34.0 Å². The van der Waals surface area contributed by atoms with Crippen molar-refractivity contribution in [1.82, 2.24) is 31.9 Å². The van der Waals surface area contributed by atoms with E-state index in [-0.39, 0.29) is 37.7 Å². The lowest BCUT2D eigenvalue weighted by Crippen LogP contribution is -2.60. The van der Waals surface area contributed by atoms with E-state index in [0.29, 0.717) is 0 Å². The normalized spacial score (nSPS) is 15.0. The number of nitrogens with two attached hydrogens (primary N) is 3. The van der Waals surface area contributed by atoms with Gasteiger partial charge in [0.1, 0.15) is 36.3 Å². The van der Waals surface area contributed by atoms with Crippen molar-refractivity contribution in [3.05, 3.63) is 0 Å². The van der Waals surface area contributed by atoms with Gasteiger partial charge in [-0.25, -0.2) is 4.79 Å². The summed E-state index contributed by atoms with van der Waals surface area (Å²) in [7, 11) is 0. The minimum Gasteiger partial charge on any atom is -0.481 e. The molecule has 21 heteroatoms. The minimum atomic E-state index is -1.62. The van der Waals surface area contributed by atoms with Crippen LogP contribution >= 0.6 is 0 Å². The number of aliphatic hydroxyl groups excluding tert-OH is 1. The average molecular weight is 745 g/mol. The van der Waals surface area contributed by atoms with Crippen LogP contribution in [-0.2, 0) is 38.4 Å². The topological polar surface area (TPSA) is 360 Å². The van der Waals surface area contributed by atoms with Gasteiger partial charge in [-0.2, -0.15) is 0 Å². The Morgan fingerprint density at radius 3 is 1.62 bits per heavy atom. The zero-order valence-corrected chi connectivity index (χ0v) is 30.4. The zero-order chi connectivity index (χ0) is 40.3. The fourth-order valence-corrected chi connectivity index (χ4v) is 4.50. The largest absolute Gasteiger partial charge is 0.481 e. The molecule has 0 aliphatic heterocycles. The molecule has 296 valence electrons. The van der Waals surface area contributed by atoms with Gasteiger partial charge in [-0.15, -0.1) is 0 Å². The zero-order valence-electron chi connectivity index (χ0n) is 30.4. The van der Waals surface area contributed by atoms with Crippen molar-refractivity contribution in [3.8, 4) is 0 Å². The Morgan fingerprint density at radius 2 is 1.13 bits per heavy atom. The number of carbonyl (C=O) groups is 8. The number of nitrogens with one attached hydrogen (secondary N) is 6. The molecule has 0 fully saturated rings. The van der Waals surface area contributed by atoms with Gasteiger partial charge in [-0.1, -0.05) is 27.7 Å². The van der Waals surface area contributed by atoms with E-state index in [1.807, 2.05) is 0 Å². The standard InChI is InChI=1S/C31H56N10O11/c1-14(2)12-20(30(51)52)39-26(47)19(9-10-22(43)44)38-25(46)17(6)36-28(49)21(13-42)40-29(50)23(15(3)4)41-27(48)18(37-24(45)16(5)32)8-7-11-35-31(33)34/h14-21,23,42H,7-13,32H2,1-6H3,(H,36,49)(H,37,45)(H,38,46)(H,39,47)(H,40,50)(H,41,48)(H,43,44)(H,51,52)(H4,33,34,35). The molecule has 0 bridgehead atoms. The summed E-state index contributed by atoms with van der Waals surface area (Å²) in [6.45, 7) is 8.51. The fraction of sp³-hybridized carbons (Fsp3) is 0.710. The number of hydrogen-bond donors (Lipinski definition) is 12. The van der Waals surface area contributed by atoms with E-state index in [1.165, 1.54) is 13.8 Å². The van der Waals surface area contributed by atoms with Gasteiger partial charge in [0.2, 0.25) is 35.4 Å². The van der Waals surface area contributed by atoms with Crippen LogP contribution in [-0.4, -0.2) is 124 Å². The van der Waals surface area contributed by atoms with Crippen LogP contribution in [0.25, 0.3) is 0 Å². The highest BCUT2D eigenvalue weighted by molar-refractivity contribution is 5.97. The van der Waals surface area contributed by atoms with Gasteiger partial charge >= 0.3 is 11.9 Å². The number of carboxylic acid groups (broad SMARTS) is 2. The third kappa shape index (κ3) is 18.3.